The van der Waals surface area contributed by atoms with Crippen LogP contribution in [-0.2, 0) is 0 Å². The minimum absolute atomic E-state index is 0.156. The number of rotatable bonds is 1. The van der Waals surface area contributed by atoms with E-state index in [4.69, 9.17) is 0 Å². The number of nitrogens with zero attached hydrogens (tertiary/aromatic N) is 3. The molecule has 3 nitrogen and oxygen atoms in total. The lowest BCUT2D eigenvalue weighted by molar-refractivity contribution is 0.610. The lowest BCUT2D eigenvalue weighted by Crippen LogP contribution is -1.95. The van der Waals surface area contributed by atoms with Crippen molar-refractivity contribution < 1.29 is 4.39 Å². The summed E-state index contributed by atoms with van der Waals surface area (Å²) in [7, 11) is 0. The summed E-state index contributed by atoms with van der Waals surface area (Å²) >= 11 is 0. The van der Waals surface area contributed by atoms with Crippen molar-refractivity contribution in [3.8, 4) is 11.3 Å². The van der Waals surface area contributed by atoms with Gasteiger partial charge in [0.25, 0.3) is 0 Å². The predicted octanol–water partition coefficient (Wildman–Crippen LogP) is 3.15. The number of imidazole rings is 1. The van der Waals surface area contributed by atoms with Crippen LogP contribution in [0, 0.1) is 19.7 Å². The van der Waals surface area contributed by atoms with Gasteiger partial charge in [0, 0.05) is 18.0 Å². The van der Waals surface area contributed by atoms with E-state index >= 15 is 0 Å². The normalized spacial score (nSPS) is 11.1. The van der Waals surface area contributed by atoms with Gasteiger partial charge in [0.05, 0.1) is 18.1 Å². The lowest BCUT2D eigenvalue weighted by atomic mass is 10.0. The number of hydrogen-bond acceptors (Lipinski definition) is 2. The molecule has 0 atom stereocenters. The van der Waals surface area contributed by atoms with Crippen molar-refractivity contribution in [2.24, 2.45) is 0 Å². The highest BCUT2D eigenvalue weighted by Crippen LogP contribution is 2.27. The Bertz CT molecular complexity index is 731. The van der Waals surface area contributed by atoms with E-state index in [1.165, 1.54) is 0 Å². The third-order valence-corrected chi connectivity index (χ3v) is 3.17. The monoisotopic (exact) mass is 241 g/mol. The van der Waals surface area contributed by atoms with Gasteiger partial charge in [0.2, 0.25) is 0 Å². The summed E-state index contributed by atoms with van der Waals surface area (Å²) in [6, 6.07) is 3.72. The number of halogens is 1. The molecule has 0 aliphatic rings. The maximum absolute atomic E-state index is 13.9. The van der Waals surface area contributed by atoms with Gasteiger partial charge in [-0.25, -0.2) is 9.37 Å². The Morgan fingerprint density at radius 1 is 1.17 bits per heavy atom. The van der Waals surface area contributed by atoms with Crippen molar-refractivity contribution in [3.05, 3.63) is 53.9 Å². The summed E-state index contributed by atoms with van der Waals surface area (Å²) in [6.07, 6.45) is 6.95. The Morgan fingerprint density at radius 3 is 2.83 bits per heavy atom. The van der Waals surface area contributed by atoms with Crippen molar-refractivity contribution in [2.75, 3.05) is 0 Å². The molecule has 0 radical (unpaired) electrons. The molecule has 1 aromatic carbocycles. The highest BCUT2D eigenvalue weighted by molar-refractivity contribution is 5.67. The van der Waals surface area contributed by atoms with Gasteiger partial charge in [-0.1, -0.05) is 12.1 Å². The molecule has 2 heterocycles. The van der Waals surface area contributed by atoms with Crippen LogP contribution in [0.3, 0.4) is 0 Å². The largest absolute Gasteiger partial charge is 0.297 e. The quantitative estimate of drug-likeness (QED) is 0.655. The van der Waals surface area contributed by atoms with E-state index in [0.29, 0.717) is 11.1 Å². The van der Waals surface area contributed by atoms with E-state index in [0.717, 1.165) is 16.9 Å². The van der Waals surface area contributed by atoms with Crippen LogP contribution in [0.1, 0.15) is 11.1 Å². The van der Waals surface area contributed by atoms with Gasteiger partial charge in [-0.15, -0.1) is 0 Å². The predicted molar refractivity (Wildman–Crippen MR) is 67.9 cm³/mol. The van der Waals surface area contributed by atoms with Crippen LogP contribution in [0.2, 0.25) is 0 Å². The average Bonchev–Trinajstić information content (AvgIpc) is 2.80. The number of aryl methyl sites for hydroxylation is 1. The molecular formula is C14H12FN3. The standard InChI is InChI=1S/C14H12FN3/c1-9-3-4-11(10(2)14(9)15)12-7-17-13-8-16-5-6-18(12)13/h3-8H,1-2H3. The molecule has 0 bridgehead atoms. The van der Waals surface area contributed by atoms with Gasteiger partial charge in [-0.2, -0.15) is 0 Å². The molecule has 0 fully saturated rings. The van der Waals surface area contributed by atoms with Gasteiger partial charge in [-0.3, -0.25) is 9.38 Å². The smallest absolute Gasteiger partial charge is 0.155 e. The van der Waals surface area contributed by atoms with Crippen LogP contribution in [0.5, 0.6) is 0 Å². The second-order valence-electron chi connectivity index (χ2n) is 4.32. The first-order valence-corrected chi connectivity index (χ1v) is 5.71. The highest BCUT2D eigenvalue weighted by atomic mass is 19.1. The fourth-order valence-electron chi connectivity index (χ4n) is 2.14. The van der Waals surface area contributed by atoms with Crippen molar-refractivity contribution in [1.29, 1.82) is 0 Å². The summed E-state index contributed by atoms with van der Waals surface area (Å²) in [5.74, 6) is -0.156. The molecule has 2 aromatic heterocycles. The summed E-state index contributed by atoms with van der Waals surface area (Å²) < 4.78 is 15.8. The van der Waals surface area contributed by atoms with Gasteiger partial charge < -0.3 is 0 Å². The third-order valence-electron chi connectivity index (χ3n) is 3.17. The molecule has 18 heavy (non-hydrogen) atoms. The van der Waals surface area contributed by atoms with Crippen molar-refractivity contribution in [1.82, 2.24) is 14.4 Å². The first-order valence-electron chi connectivity index (χ1n) is 5.71. The SMILES string of the molecule is Cc1ccc(-c2cnc3cnccn23)c(C)c1F. The molecule has 0 aliphatic heterocycles. The molecule has 0 saturated heterocycles. The summed E-state index contributed by atoms with van der Waals surface area (Å²) in [5.41, 5.74) is 3.80. The zero-order valence-corrected chi connectivity index (χ0v) is 10.2. The second-order valence-corrected chi connectivity index (χ2v) is 4.32. The van der Waals surface area contributed by atoms with Crippen molar-refractivity contribution in [2.45, 2.75) is 13.8 Å². The van der Waals surface area contributed by atoms with Crippen molar-refractivity contribution in [3.63, 3.8) is 0 Å². The minimum Gasteiger partial charge on any atom is -0.297 e. The van der Waals surface area contributed by atoms with Crippen LogP contribution >= 0.6 is 0 Å². The van der Waals surface area contributed by atoms with Crippen LogP contribution in [-0.4, -0.2) is 14.4 Å². The van der Waals surface area contributed by atoms with Gasteiger partial charge in [0.1, 0.15) is 5.82 Å². The maximum Gasteiger partial charge on any atom is 0.155 e. The molecule has 90 valence electrons. The molecule has 3 aromatic rings. The fraction of sp³-hybridized carbons (Fsp3) is 0.143. The Morgan fingerprint density at radius 2 is 2.00 bits per heavy atom. The molecule has 0 amide bonds. The van der Waals surface area contributed by atoms with E-state index in [1.807, 2.05) is 16.7 Å². The van der Waals surface area contributed by atoms with Crippen LogP contribution in [0.4, 0.5) is 4.39 Å². The highest BCUT2D eigenvalue weighted by Gasteiger charge is 2.12. The Kier molecular flexibility index (Phi) is 2.37. The number of hydrogen-bond donors (Lipinski definition) is 0. The third kappa shape index (κ3) is 1.49. The number of fused-ring (bicyclic) bond motifs is 1. The zero-order chi connectivity index (χ0) is 12.7. The van der Waals surface area contributed by atoms with Crippen LogP contribution < -0.4 is 0 Å². The number of aromatic nitrogens is 3. The van der Waals surface area contributed by atoms with Gasteiger partial charge in [-0.05, 0) is 25.0 Å². The van der Waals surface area contributed by atoms with E-state index < -0.39 is 0 Å². The molecule has 0 aliphatic carbocycles. The Labute approximate surface area is 104 Å². The molecular weight excluding hydrogens is 229 g/mol. The molecule has 0 N–H and O–H groups in total. The second kappa shape index (κ2) is 3.91. The van der Waals surface area contributed by atoms with E-state index in [9.17, 15) is 4.39 Å². The fourth-order valence-corrected chi connectivity index (χ4v) is 2.14. The lowest BCUT2D eigenvalue weighted by Gasteiger charge is -2.08. The average molecular weight is 241 g/mol. The molecule has 0 saturated carbocycles. The van der Waals surface area contributed by atoms with E-state index in [1.54, 1.807) is 38.5 Å². The Hall–Kier alpha value is -2.23. The van der Waals surface area contributed by atoms with Gasteiger partial charge in [0.15, 0.2) is 5.65 Å². The summed E-state index contributed by atoms with van der Waals surface area (Å²) in [5, 5.41) is 0. The zero-order valence-electron chi connectivity index (χ0n) is 10.2. The van der Waals surface area contributed by atoms with E-state index in [2.05, 4.69) is 9.97 Å². The first kappa shape index (κ1) is 10.9. The number of benzene rings is 1. The molecule has 3 rings (SSSR count). The maximum atomic E-state index is 13.9. The topological polar surface area (TPSA) is 30.2 Å². The van der Waals surface area contributed by atoms with E-state index in [-0.39, 0.29) is 5.82 Å². The minimum atomic E-state index is -0.156. The molecule has 4 heteroatoms. The molecule has 0 spiro atoms. The van der Waals surface area contributed by atoms with Gasteiger partial charge >= 0.3 is 0 Å². The summed E-state index contributed by atoms with van der Waals surface area (Å²) in [4.78, 5) is 8.28. The Balaban J connectivity index is 2.30. The van der Waals surface area contributed by atoms with Crippen molar-refractivity contribution >= 4 is 5.65 Å². The summed E-state index contributed by atoms with van der Waals surface area (Å²) in [6.45, 7) is 3.56. The molecule has 0 unspecified atom stereocenters. The van der Waals surface area contributed by atoms with Crippen LogP contribution in [0.15, 0.2) is 36.9 Å². The first-order chi connectivity index (χ1) is 8.68. The van der Waals surface area contributed by atoms with Crippen LogP contribution in [0.25, 0.3) is 16.9 Å².